The van der Waals surface area contributed by atoms with Crippen LogP contribution in [0.25, 0.3) is 16.7 Å². The summed E-state index contributed by atoms with van der Waals surface area (Å²) in [6.07, 6.45) is -2.89. The smallest absolute Gasteiger partial charge is 0.229 e. The Kier molecular flexibility index (Phi) is 2.87. The summed E-state index contributed by atoms with van der Waals surface area (Å²) in [6.45, 7) is 0. The van der Waals surface area contributed by atoms with Crippen LogP contribution >= 0.6 is 0 Å². The van der Waals surface area contributed by atoms with E-state index in [1.807, 2.05) is 6.07 Å². The number of pyridine rings is 1. The van der Waals surface area contributed by atoms with E-state index >= 15 is 0 Å². The monoisotopic (exact) mass is 288 g/mol. The third kappa shape index (κ3) is 2.31. The zero-order valence-corrected chi connectivity index (χ0v) is 10.5. The number of nitrogens with zero attached hydrogens (tertiary/aromatic N) is 4. The van der Waals surface area contributed by atoms with Crippen LogP contribution in [0.4, 0.5) is 13.2 Å². The molecular weight excluding hydrogens is 281 g/mol. The lowest BCUT2D eigenvalue weighted by Crippen LogP contribution is -2.03. The molecule has 7 heteroatoms. The Balaban J connectivity index is 2.17. The summed E-state index contributed by atoms with van der Waals surface area (Å²) in [5.41, 5.74) is -0.00812. The van der Waals surface area contributed by atoms with Gasteiger partial charge in [-0.2, -0.15) is 23.5 Å². The number of halogens is 3. The molecule has 0 N–H and O–H groups in total. The van der Waals surface area contributed by atoms with Gasteiger partial charge >= 0.3 is 6.18 Å². The maximum atomic E-state index is 12.6. The van der Waals surface area contributed by atoms with Crippen molar-refractivity contribution in [1.29, 1.82) is 5.26 Å². The van der Waals surface area contributed by atoms with Crippen LogP contribution in [-0.2, 0) is 6.18 Å². The van der Waals surface area contributed by atoms with Crippen LogP contribution in [0.5, 0.6) is 0 Å². The molecule has 2 heterocycles. The van der Waals surface area contributed by atoms with Crippen molar-refractivity contribution in [3.8, 4) is 11.9 Å². The lowest BCUT2D eigenvalue weighted by atomic mass is 10.1. The van der Waals surface area contributed by atoms with Crippen molar-refractivity contribution < 1.29 is 13.2 Å². The number of para-hydroxylation sites is 1. The minimum atomic E-state index is -4.47. The summed E-state index contributed by atoms with van der Waals surface area (Å²) in [5.74, 6) is 0.167. The van der Waals surface area contributed by atoms with Gasteiger partial charge in [-0.05, 0) is 6.07 Å². The second kappa shape index (κ2) is 4.59. The second-order valence-electron chi connectivity index (χ2n) is 4.33. The van der Waals surface area contributed by atoms with Gasteiger partial charge in [-0.3, -0.25) is 0 Å². The molecule has 0 unspecified atom stereocenters. The molecule has 0 atom stereocenters. The van der Waals surface area contributed by atoms with E-state index in [1.165, 1.54) is 6.07 Å². The van der Waals surface area contributed by atoms with Gasteiger partial charge in [0.25, 0.3) is 0 Å². The third-order valence-corrected chi connectivity index (χ3v) is 2.97. The lowest BCUT2D eigenvalue weighted by Gasteiger charge is -2.05. The molecule has 0 aliphatic heterocycles. The van der Waals surface area contributed by atoms with Gasteiger partial charge in [0.15, 0.2) is 5.82 Å². The van der Waals surface area contributed by atoms with Gasteiger partial charge in [0.2, 0.25) is 0 Å². The van der Waals surface area contributed by atoms with Gasteiger partial charge in [-0.15, -0.1) is 0 Å². The average Bonchev–Trinajstić information content (AvgIpc) is 2.96. The molecule has 0 saturated carbocycles. The first kappa shape index (κ1) is 13.1. The van der Waals surface area contributed by atoms with Crippen LogP contribution in [0.2, 0.25) is 0 Å². The average molecular weight is 288 g/mol. The molecule has 0 amide bonds. The van der Waals surface area contributed by atoms with Crippen molar-refractivity contribution in [3.63, 3.8) is 0 Å². The van der Waals surface area contributed by atoms with Crippen LogP contribution in [0.1, 0.15) is 11.1 Å². The van der Waals surface area contributed by atoms with E-state index in [4.69, 9.17) is 5.26 Å². The summed E-state index contributed by atoms with van der Waals surface area (Å²) < 4.78 is 38.8. The van der Waals surface area contributed by atoms with E-state index in [0.29, 0.717) is 16.5 Å². The number of nitriles is 1. The molecule has 0 bridgehead atoms. The predicted molar refractivity (Wildman–Crippen MR) is 68.6 cm³/mol. The highest BCUT2D eigenvalue weighted by Gasteiger charge is 2.32. The van der Waals surface area contributed by atoms with E-state index in [-0.39, 0.29) is 5.82 Å². The Morgan fingerprint density at radius 3 is 2.62 bits per heavy atom. The fraction of sp³-hybridized carbons (Fsp3) is 0.0714. The standard InChI is InChI=1S/C14H7F3N4/c15-14(16,17)10-7-19-21(8-10)13-5-9(6-18)11-3-1-2-4-12(11)20-13/h1-5,7-8H. The van der Waals surface area contributed by atoms with Gasteiger partial charge in [0.05, 0.1) is 28.9 Å². The minimum absolute atomic E-state index is 0.167. The Morgan fingerprint density at radius 2 is 1.95 bits per heavy atom. The molecule has 3 aromatic rings. The van der Waals surface area contributed by atoms with Crippen molar-refractivity contribution in [2.75, 3.05) is 0 Å². The number of hydrogen-bond acceptors (Lipinski definition) is 3. The first-order valence-corrected chi connectivity index (χ1v) is 5.91. The van der Waals surface area contributed by atoms with E-state index < -0.39 is 11.7 Å². The molecule has 0 radical (unpaired) electrons. The van der Waals surface area contributed by atoms with Gasteiger partial charge in [-0.25, -0.2) is 9.67 Å². The molecule has 104 valence electrons. The van der Waals surface area contributed by atoms with Crippen molar-refractivity contribution in [2.45, 2.75) is 6.18 Å². The molecule has 3 rings (SSSR count). The van der Waals surface area contributed by atoms with Gasteiger partial charge in [-0.1, -0.05) is 18.2 Å². The number of alkyl halides is 3. The largest absolute Gasteiger partial charge is 0.419 e. The van der Waals surface area contributed by atoms with E-state index in [9.17, 15) is 13.2 Å². The molecule has 2 aromatic heterocycles. The lowest BCUT2D eigenvalue weighted by molar-refractivity contribution is -0.137. The molecule has 21 heavy (non-hydrogen) atoms. The maximum absolute atomic E-state index is 12.6. The normalized spacial score (nSPS) is 11.5. The zero-order valence-electron chi connectivity index (χ0n) is 10.5. The number of benzene rings is 1. The number of fused-ring (bicyclic) bond motifs is 1. The van der Waals surface area contributed by atoms with Crippen LogP contribution in [-0.4, -0.2) is 14.8 Å². The minimum Gasteiger partial charge on any atom is -0.229 e. The van der Waals surface area contributed by atoms with E-state index in [1.54, 1.807) is 24.3 Å². The van der Waals surface area contributed by atoms with Crippen LogP contribution < -0.4 is 0 Å². The highest BCUT2D eigenvalue weighted by atomic mass is 19.4. The van der Waals surface area contributed by atoms with Crippen molar-refractivity contribution >= 4 is 10.9 Å². The number of hydrogen-bond donors (Lipinski definition) is 0. The molecule has 4 nitrogen and oxygen atoms in total. The van der Waals surface area contributed by atoms with E-state index in [2.05, 4.69) is 10.1 Å². The Labute approximate surface area is 117 Å². The van der Waals surface area contributed by atoms with Crippen molar-refractivity contribution in [2.24, 2.45) is 0 Å². The topological polar surface area (TPSA) is 54.5 Å². The van der Waals surface area contributed by atoms with Crippen molar-refractivity contribution in [3.05, 3.63) is 53.9 Å². The summed E-state index contributed by atoms with van der Waals surface area (Å²) in [5, 5.41) is 13.5. The summed E-state index contributed by atoms with van der Waals surface area (Å²) >= 11 is 0. The Bertz CT molecular complexity index is 859. The summed E-state index contributed by atoms with van der Waals surface area (Å²) in [7, 11) is 0. The molecule has 0 spiro atoms. The van der Waals surface area contributed by atoms with Crippen LogP contribution in [0.3, 0.4) is 0 Å². The molecule has 0 aliphatic rings. The van der Waals surface area contributed by atoms with E-state index in [0.717, 1.165) is 17.1 Å². The predicted octanol–water partition coefficient (Wildman–Crippen LogP) is 3.31. The third-order valence-electron chi connectivity index (χ3n) is 2.97. The second-order valence-corrected chi connectivity index (χ2v) is 4.33. The first-order chi connectivity index (χ1) is 9.99. The highest BCUT2D eigenvalue weighted by Crippen LogP contribution is 2.29. The summed E-state index contributed by atoms with van der Waals surface area (Å²) in [4.78, 5) is 4.23. The van der Waals surface area contributed by atoms with Crippen LogP contribution in [0, 0.1) is 11.3 Å². The SMILES string of the molecule is N#Cc1cc(-n2cc(C(F)(F)F)cn2)nc2ccccc12. The van der Waals surface area contributed by atoms with Crippen molar-refractivity contribution in [1.82, 2.24) is 14.8 Å². The number of aromatic nitrogens is 3. The molecule has 1 aromatic carbocycles. The quantitative estimate of drug-likeness (QED) is 0.690. The van der Waals surface area contributed by atoms with Gasteiger partial charge < -0.3 is 0 Å². The summed E-state index contributed by atoms with van der Waals surface area (Å²) in [6, 6.07) is 10.4. The maximum Gasteiger partial charge on any atom is 0.419 e. The zero-order chi connectivity index (χ0) is 15.0. The number of rotatable bonds is 1. The molecule has 0 saturated heterocycles. The molecular formula is C14H7F3N4. The highest BCUT2D eigenvalue weighted by molar-refractivity contribution is 5.85. The molecule has 0 aliphatic carbocycles. The van der Waals surface area contributed by atoms with Gasteiger partial charge in [0, 0.05) is 17.6 Å². The van der Waals surface area contributed by atoms with Crippen LogP contribution in [0.15, 0.2) is 42.7 Å². The van der Waals surface area contributed by atoms with Gasteiger partial charge in [0.1, 0.15) is 0 Å². The fourth-order valence-corrected chi connectivity index (χ4v) is 1.97. The first-order valence-electron chi connectivity index (χ1n) is 5.91. The fourth-order valence-electron chi connectivity index (χ4n) is 1.97. The molecule has 0 fully saturated rings. The Hall–Kier alpha value is -2.88. The Morgan fingerprint density at radius 1 is 1.19 bits per heavy atom.